The monoisotopic (exact) mass is 228 g/mol. The van der Waals surface area contributed by atoms with Gasteiger partial charge in [0.15, 0.2) is 5.65 Å². The van der Waals surface area contributed by atoms with Crippen LogP contribution >= 0.6 is 0 Å². The quantitative estimate of drug-likeness (QED) is 0.730. The van der Waals surface area contributed by atoms with Crippen LogP contribution in [0.5, 0.6) is 0 Å². The molecule has 2 aromatic heterocycles. The van der Waals surface area contributed by atoms with E-state index in [0.29, 0.717) is 5.56 Å². The van der Waals surface area contributed by atoms with Gasteiger partial charge in [0.05, 0.1) is 22.8 Å². The second-order valence-corrected chi connectivity index (χ2v) is 4.00. The van der Waals surface area contributed by atoms with Gasteiger partial charge in [-0.15, -0.1) is 0 Å². The SMILES string of the molecule is N#Cc1cnc2[nH]ncc2c1N1CCNCC1. The number of anilines is 1. The molecule has 3 rings (SSSR count). The first kappa shape index (κ1) is 10.1. The van der Waals surface area contributed by atoms with Crippen LogP contribution in [0.15, 0.2) is 12.4 Å². The lowest BCUT2D eigenvalue weighted by molar-refractivity contribution is 0.590. The number of fused-ring (bicyclic) bond motifs is 1. The van der Waals surface area contributed by atoms with Crippen LogP contribution < -0.4 is 10.2 Å². The fraction of sp³-hybridized carbons (Fsp3) is 0.364. The minimum atomic E-state index is 0.612. The summed E-state index contributed by atoms with van der Waals surface area (Å²) in [7, 11) is 0. The van der Waals surface area contributed by atoms with Crippen LogP contribution in [0.25, 0.3) is 11.0 Å². The molecule has 1 fully saturated rings. The fourth-order valence-electron chi connectivity index (χ4n) is 2.20. The van der Waals surface area contributed by atoms with Crippen LogP contribution in [0.1, 0.15) is 5.56 Å². The highest BCUT2D eigenvalue weighted by Gasteiger charge is 2.18. The van der Waals surface area contributed by atoms with Gasteiger partial charge in [-0.3, -0.25) is 5.10 Å². The summed E-state index contributed by atoms with van der Waals surface area (Å²) in [5.74, 6) is 0. The topological polar surface area (TPSA) is 80.6 Å². The molecule has 0 radical (unpaired) electrons. The van der Waals surface area contributed by atoms with E-state index < -0.39 is 0 Å². The highest BCUT2D eigenvalue weighted by atomic mass is 15.2. The van der Waals surface area contributed by atoms with Gasteiger partial charge in [-0.05, 0) is 0 Å². The van der Waals surface area contributed by atoms with E-state index in [1.807, 2.05) is 0 Å². The van der Waals surface area contributed by atoms with E-state index in [2.05, 4.69) is 31.5 Å². The molecule has 0 aliphatic carbocycles. The Morgan fingerprint density at radius 1 is 1.29 bits per heavy atom. The lowest BCUT2D eigenvalue weighted by Crippen LogP contribution is -2.43. The average molecular weight is 228 g/mol. The van der Waals surface area contributed by atoms with E-state index in [4.69, 9.17) is 0 Å². The zero-order chi connectivity index (χ0) is 11.7. The fourth-order valence-corrected chi connectivity index (χ4v) is 2.20. The van der Waals surface area contributed by atoms with Gasteiger partial charge < -0.3 is 10.2 Å². The van der Waals surface area contributed by atoms with Crippen molar-refractivity contribution in [2.45, 2.75) is 0 Å². The number of aromatic nitrogens is 3. The van der Waals surface area contributed by atoms with E-state index in [0.717, 1.165) is 42.9 Å². The van der Waals surface area contributed by atoms with Gasteiger partial charge in [0.1, 0.15) is 6.07 Å². The number of aromatic amines is 1. The number of hydrogen-bond acceptors (Lipinski definition) is 5. The molecule has 3 heterocycles. The second-order valence-electron chi connectivity index (χ2n) is 4.00. The summed E-state index contributed by atoms with van der Waals surface area (Å²) < 4.78 is 0. The van der Waals surface area contributed by atoms with Gasteiger partial charge >= 0.3 is 0 Å². The Kier molecular flexibility index (Phi) is 2.38. The maximum absolute atomic E-state index is 9.18. The minimum absolute atomic E-state index is 0.612. The zero-order valence-electron chi connectivity index (χ0n) is 9.27. The van der Waals surface area contributed by atoms with Gasteiger partial charge in [-0.2, -0.15) is 10.4 Å². The molecule has 1 aliphatic rings. The molecule has 0 unspecified atom stereocenters. The Bertz CT molecular complexity index is 575. The number of hydrogen-bond donors (Lipinski definition) is 2. The smallest absolute Gasteiger partial charge is 0.157 e. The summed E-state index contributed by atoms with van der Waals surface area (Å²) in [5, 5.41) is 20.2. The first-order valence-corrected chi connectivity index (χ1v) is 5.58. The normalized spacial score (nSPS) is 16.1. The molecule has 0 spiro atoms. The molecular weight excluding hydrogens is 216 g/mol. The first-order chi connectivity index (χ1) is 8.40. The number of pyridine rings is 1. The van der Waals surface area contributed by atoms with E-state index in [-0.39, 0.29) is 0 Å². The molecule has 17 heavy (non-hydrogen) atoms. The third-order valence-corrected chi connectivity index (χ3v) is 3.01. The van der Waals surface area contributed by atoms with Crippen molar-refractivity contribution in [3.05, 3.63) is 18.0 Å². The van der Waals surface area contributed by atoms with Gasteiger partial charge in [0.2, 0.25) is 0 Å². The van der Waals surface area contributed by atoms with E-state index in [1.165, 1.54) is 0 Å². The van der Waals surface area contributed by atoms with Crippen molar-refractivity contribution in [2.75, 3.05) is 31.1 Å². The predicted octanol–water partition coefficient (Wildman–Crippen LogP) is 0.239. The minimum Gasteiger partial charge on any atom is -0.367 e. The summed E-state index contributed by atoms with van der Waals surface area (Å²) in [6, 6.07) is 2.21. The predicted molar refractivity (Wildman–Crippen MR) is 63.7 cm³/mol. The molecule has 6 nitrogen and oxygen atoms in total. The van der Waals surface area contributed by atoms with Crippen LogP contribution in [0.2, 0.25) is 0 Å². The second kappa shape index (κ2) is 4.03. The zero-order valence-corrected chi connectivity index (χ0v) is 9.27. The summed E-state index contributed by atoms with van der Waals surface area (Å²) >= 11 is 0. The van der Waals surface area contributed by atoms with Crippen molar-refractivity contribution in [1.29, 1.82) is 5.26 Å². The Balaban J connectivity index is 2.17. The molecule has 6 heteroatoms. The maximum atomic E-state index is 9.18. The van der Waals surface area contributed by atoms with Crippen LogP contribution in [-0.4, -0.2) is 41.4 Å². The molecule has 2 N–H and O–H groups in total. The third kappa shape index (κ3) is 1.61. The van der Waals surface area contributed by atoms with Crippen molar-refractivity contribution in [2.24, 2.45) is 0 Å². The van der Waals surface area contributed by atoms with Crippen LogP contribution in [-0.2, 0) is 0 Å². The van der Waals surface area contributed by atoms with E-state index in [9.17, 15) is 5.26 Å². The molecule has 0 atom stereocenters. The molecule has 2 aromatic rings. The standard InChI is InChI=1S/C11H12N6/c12-5-8-6-14-11-9(7-15-16-11)10(8)17-3-1-13-2-4-17/h6-7,13H,1-4H2,(H,14,15,16). The highest BCUT2D eigenvalue weighted by molar-refractivity contribution is 5.92. The van der Waals surface area contributed by atoms with Gasteiger partial charge in [0.25, 0.3) is 0 Å². The van der Waals surface area contributed by atoms with Crippen LogP contribution in [0.3, 0.4) is 0 Å². The molecule has 0 aromatic carbocycles. The molecule has 0 amide bonds. The number of nitriles is 1. The summed E-state index contributed by atoms with van der Waals surface area (Å²) in [6.07, 6.45) is 3.35. The van der Waals surface area contributed by atoms with Crippen molar-refractivity contribution < 1.29 is 0 Å². The Morgan fingerprint density at radius 3 is 2.88 bits per heavy atom. The number of H-pyrrole nitrogens is 1. The van der Waals surface area contributed by atoms with Gasteiger partial charge in [-0.25, -0.2) is 4.98 Å². The van der Waals surface area contributed by atoms with Crippen molar-refractivity contribution in [3.63, 3.8) is 0 Å². The molecule has 86 valence electrons. The Morgan fingerprint density at radius 2 is 2.12 bits per heavy atom. The molecule has 1 aliphatic heterocycles. The number of piperazine rings is 1. The van der Waals surface area contributed by atoms with Crippen LogP contribution in [0, 0.1) is 11.3 Å². The van der Waals surface area contributed by atoms with Crippen LogP contribution in [0.4, 0.5) is 5.69 Å². The molecule has 1 saturated heterocycles. The van der Waals surface area contributed by atoms with Gasteiger partial charge in [0, 0.05) is 32.4 Å². The Hall–Kier alpha value is -2.13. The maximum Gasteiger partial charge on any atom is 0.157 e. The number of rotatable bonds is 1. The molecule has 0 bridgehead atoms. The van der Waals surface area contributed by atoms with Crippen molar-refractivity contribution in [1.82, 2.24) is 20.5 Å². The first-order valence-electron chi connectivity index (χ1n) is 5.58. The lowest BCUT2D eigenvalue weighted by Gasteiger charge is -2.30. The number of nitrogens with one attached hydrogen (secondary N) is 2. The number of nitrogens with zero attached hydrogens (tertiary/aromatic N) is 4. The summed E-state index contributed by atoms with van der Waals surface area (Å²) in [5.41, 5.74) is 2.30. The largest absolute Gasteiger partial charge is 0.367 e. The third-order valence-electron chi connectivity index (χ3n) is 3.01. The molecule has 0 saturated carbocycles. The Labute approximate surface area is 98.3 Å². The highest BCUT2D eigenvalue weighted by Crippen LogP contribution is 2.28. The lowest BCUT2D eigenvalue weighted by atomic mass is 10.1. The summed E-state index contributed by atoms with van der Waals surface area (Å²) in [6.45, 7) is 3.68. The van der Waals surface area contributed by atoms with E-state index in [1.54, 1.807) is 12.4 Å². The average Bonchev–Trinajstić information content (AvgIpc) is 2.86. The van der Waals surface area contributed by atoms with Gasteiger partial charge in [-0.1, -0.05) is 0 Å². The van der Waals surface area contributed by atoms with E-state index >= 15 is 0 Å². The summed E-state index contributed by atoms with van der Waals surface area (Å²) in [4.78, 5) is 6.40. The van der Waals surface area contributed by atoms with Crippen molar-refractivity contribution >= 4 is 16.7 Å². The molecular formula is C11H12N6. The van der Waals surface area contributed by atoms with Crippen molar-refractivity contribution in [3.8, 4) is 6.07 Å².